The van der Waals surface area contributed by atoms with Crippen molar-refractivity contribution in [1.29, 1.82) is 0 Å². The lowest BCUT2D eigenvalue weighted by Crippen LogP contribution is -2.41. The number of aliphatic hydroxyl groups excluding tert-OH is 1. The fraction of sp³-hybridized carbons (Fsp3) is 0.533. The van der Waals surface area contributed by atoms with E-state index < -0.39 is 0 Å². The van der Waals surface area contributed by atoms with Crippen molar-refractivity contribution in [3.8, 4) is 0 Å². The summed E-state index contributed by atoms with van der Waals surface area (Å²) in [5.41, 5.74) is 2.47. The number of carbonyl (C=O) groups is 1. The SMILES string of the molecule is C=C(C)C1=C[C@@]2(C)C(=CC1=O)CC[C@@H](O)[C@@H]2C. The third-order valence-electron chi connectivity index (χ3n) is 4.40. The maximum Gasteiger partial charge on any atom is 0.185 e. The van der Waals surface area contributed by atoms with Crippen molar-refractivity contribution in [2.24, 2.45) is 11.3 Å². The number of carbonyl (C=O) groups excluding carboxylic acids is 1. The molecule has 1 saturated carbocycles. The third-order valence-corrected chi connectivity index (χ3v) is 4.40. The number of rotatable bonds is 1. The molecule has 0 amide bonds. The highest BCUT2D eigenvalue weighted by atomic mass is 16.3. The number of allylic oxidation sites excluding steroid dienone is 5. The zero-order chi connectivity index (χ0) is 12.8. The number of aliphatic hydroxyl groups is 1. The topological polar surface area (TPSA) is 37.3 Å². The number of hydrogen-bond acceptors (Lipinski definition) is 2. The second-order valence-electron chi connectivity index (χ2n) is 5.55. The number of hydrogen-bond donors (Lipinski definition) is 1. The van der Waals surface area contributed by atoms with Crippen molar-refractivity contribution in [3.05, 3.63) is 35.5 Å². The molecule has 17 heavy (non-hydrogen) atoms. The van der Waals surface area contributed by atoms with Crippen LogP contribution in [-0.2, 0) is 4.79 Å². The molecule has 0 unspecified atom stereocenters. The highest BCUT2D eigenvalue weighted by Gasteiger charge is 2.43. The minimum Gasteiger partial charge on any atom is -0.393 e. The van der Waals surface area contributed by atoms with Crippen molar-refractivity contribution in [1.82, 2.24) is 0 Å². The Morgan fingerprint density at radius 2 is 2.24 bits per heavy atom. The molecule has 2 nitrogen and oxygen atoms in total. The van der Waals surface area contributed by atoms with E-state index in [-0.39, 0.29) is 23.2 Å². The van der Waals surface area contributed by atoms with Gasteiger partial charge in [-0.3, -0.25) is 4.79 Å². The molecule has 3 atom stereocenters. The average molecular weight is 232 g/mol. The molecule has 0 heterocycles. The van der Waals surface area contributed by atoms with Crippen LogP contribution in [0.25, 0.3) is 0 Å². The van der Waals surface area contributed by atoms with Crippen LogP contribution in [0.4, 0.5) is 0 Å². The van der Waals surface area contributed by atoms with E-state index in [0.717, 1.165) is 24.0 Å². The lowest BCUT2D eigenvalue weighted by atomic mass is 9.61. The zero-order valence-corrected chi connectivity index (χ0v) is 10.8. The molecule has 0 aromatic rings. The zero-order valence-electron chi connectivity index (χ0n) is 10.8. The Kier molecular flexibility index (Phi) is 2.86. The lowest BCUT2D eigenvalue weighted by Gasteiger charge is -2.44. The van der Waals surface area contributed by atoms with E-state index >= 15 is 0 Å². The standard InChI is InChI=1S/C15H20O2/c1-9(2)12-8-15(4)10(3)13(16)6-5-11(15)7-14(12)17/h7-8,10,13,16H,1,5-6H2,2-4H3/t10-,13+,15+/m0/s1. The molecule has 2 aliphatic carbocycles. The van der Waals surface area contributed by atoms with Gasteiger partial charge in [-0.15, -0.1) is 0 Å². The van der Waals surface area contributed by atoms with Gasteiger partial charge in [0.2, 0.25) is 0 Å². The van der Waals surface area contributed by atoms with E-state index in [1.165, 1.54) is 0 Å². The van der Waals surface area contributed by atoms with Crippen molar-refractivity contribution in [2.75, 3.05) is 0 Å². The van der Waals surface area contributed by atoms with E-state index in [1.54, 1.807) is 6.08 Å². The largest absolute Gasteiger partial charge is 0.393 e. The van der Waals surface area contributed by atoms with E-state index in [4.69, 9.17) is 0 Å². The molecule has 0 aliphatic heterocycles. The molecule has 1 N–H and O–H groups in total. The molecule has 92 valence electrons. The van der Waals surface area contributed by atoms with Gasteiger partial charge in [-0.2, -0.15) is 0 Å². The van der Waals surface area contributed by atoms with Gasteiger partial charge in [-0.05, 0) is 37.3 Å². The molecular formula is C15H20O2. The summed E-state index contributed by atoms with van der Waals surface area (Å²) in [6.07, 6.45) is 5.06. The Morgan fingerprint density at radius 3 is 2.82 bits per heavy atom. The van der Waals surface area contributed by atoms with Gasteiger partial charge in [0, 0.05) is 11.0 Å². The first-order chi connectivity index (χ1) is 7.86. The Labute approximate surface area is 103 Å². The minimum atomic E-state index is -0.284. The lowest BCUT2D eigenvalue weighted by molar-refractivity contribution is -0.111. The van der Waals surface area contributed by atoms with Gasteiger partial charge in [0.05, 0.1) is 6.10 Å². The monoisotopic (exact) mass is 232 g/mol. The summed E-state index contributed by atoms with van der Waals surface area (Å²) < 4.78 is 0. The predicted octanol–water partition coefficient (Wildman–Crippen LogP) is 2.80. The van der Waals surface area contributed by atoms with Crippen LogP contribution in [0.2, 0.25) is 0 Å². The molecule has 2 heteroatoms. The van der Waals surface area contributed by atoms with Gasteiger partial charge in [0.15, 0.2) is 5.78 Å². The summed E-state index contributed by atoms with van der Waals surface area (Å²) >= 11 is 0. The summed E-state index contributed by atoms with van der Waals surface area (Å²) in [4.78, 5) is 12.0. The summed E-state index contributed by atoms with van der Waals surface area (Å²) in [5.74, 6) is 0.207. The van der Waals surface area contributed by atoms with Crippen LogP contribution in [0.5, 0.6) is 0 Å². The Balaban J connectivity index is 2.49. The number of fused-ring (bicyclic) bond motifs is 1. The number of ketones is 1. The molecule has 2 aliphatic rings. The molecule has 0 aromatic carbocycles. The Morgan fingerprint density at radius 1 is 1.59 bits per heavy atom. The van der Waals surface area contributed by atoms with Crippen molar-refractivity contribution in [2.45, 2.75) is 39.7 Å². The van der Waals surface area contributed by atoms with Gasteiger partial charge in [-0.1, -0.05) is 32.1 Å². The fourth-order valence-corrected chi connectivity index (χ4v) is 2.91. The van der Waals surface area contributed by atoms with E-state index in [1.807, 2.05) is 13.0 Å². The summed E-state index contributed by atoms with van der Waals surface area (Å²) in [6, 6.07) is 0. The Hall–Kier alpha value is -1.15. The van der Waals surface area contributed by atoms with Crippen LogP contribution in [0.3, 0.4) is 0 Å². The average Bonchev–Trinajstić information content (AvgIpc) is 2.26. The first-order valence-corrected chi connectivity index (χ1v) is 6.18. The Bertz CT molecular complexity index is 442. The van der Waals surface area contributed by atoms with Gasteiger partial charge >= 0.3 is 0 Å². The van der Waals surface area contributed by atoms with E-state index in [0.29, 0.717) is 5.57 Å². The van der Waals surface area contributed by atoms with Crippen LogP contribution < -0.4 is 0 Å². The normalized spacial score (nSPS) is 37.1. The molecule has 0 saturated heterocycles. The quantitative estimate of drug-likeness (QED) is 0.754. The summed E-state index contributed by atoms with van der Waals surface area (Å²) in [7, 11) is 0. The maximum atomic E-state index is 12.0. The van der Waals surface area contributed by atoms with Crippen molar-refractivity contribution in [3.63, 3.8) is 0 Å². The van der Waals surface area contributed by atoms with Crippen LogP contribution in [0.15, 0.2) is 35.5 Å². The minimum absolute atomic E-state index is 0.0635. The summed E-state index contributed by atoms with van der Waals surface area (Å²) in [5, 5.41) is 10.0. The maximum absolute atomic E-state index is 12.0. The van der Waals surface area contributed by atoms with Gasteiger partial charge in [0.25, 0.3) is 0 Å². The molecule has 0 radical (unpaired) electrons. The summed E-state index contributed by atoms with van der Waals surface area (Å²) in [6.45, 7) is 9.89. The molecule has 1 fully saturated rings. The second-order valence-corrected chi connectivity index (χ2v) is 5.55. The van der Waals surface area contributed by atoms with Crippen LogP contribution in [0, 0.1) is 11.3 Å². The van der Waals surface area contributed by atoms with Gasteiger partial charge in [0.1, 0.15) is 0 Å². The van der Waals surface area contributed by atoms with Gasteiger partial charge < -0.3 is 5.11 Å². The van der Waals surface area contributed by atoms with E-state index in [9.17, 15) is 9.90 Å². The highest BCUT2D eigenvalue weighted by molar-refractivity contribution is 6.08. The van der Waals surface area contributed by atoms with Crippen molar-refractivity contribution < 1.29 is 9.90 Å². The molecule has 0 aromatic heterocycles. The fourth-order valence-electron chi connectivity index (χ4n) is 2.91. The molecular weight excluding hydrogens is 212 g/mol. The van der Waals surface area contributed by atoms with Crippen LogP contribution >= 0.6 is 0 Å². The highest BCUT2D eigenvalue weighted by Crippen LogP contribution is 2.49. The predicted molar refractivity (Wildman–Crippen MR) is 68.5 cm³/mol. The van der Waals surface area contributed by atoms with Gasteiger partial charge in [-0.25, -0.2) is 0 Å². The van der Waals surface area contributed by atoms with Crippen LogP contribution in [-0.4, -0.2) is 17.0 Å². The van der Waals surface area contributed by atoms with Crippen LogP contribution in [0.1, 0.15) is 33.6 Å². The van der Waals surface area contributed by atoms with E-state index in [2.05, 4.69) is 20.4 Å². The third kappa shape index (κ3) is 1.81. The first kappa shape index (κ1) is 12.3. The molecule has 0 spiro atoms. The second kappa shape index (κ2) is 3.95. The molecule has 0 bridgehead atoms. The first-order valence-electron chi connectivity index (χ1n) is 6.18. The van der Waals surface area contributed by atoms with Crippen molar-refractivity contribution >= 4 is 5.78 Å². The molecule has 2 rings (SSSR count). The smallest absolute Gasteiger partial charge is 0.185 e.